The molecule has 240 valence electrons. The average Bonchev–Trinajstić information content (AvgIpc) is 3.41. The summed E-state index contributed by atoms with van der Waals surface area (Å²) >= 11 is 0. The molecule has 0 bridgehead atoms. The van der Waals surface area contributed by atoms with Gasteiger partial charge in [0.25, 0.3) is 11.5 Å². The lowest BCUT2D eigenvalue weighted by atomic mass is 10.0. The van der Waals surface area contributed by atoms with Crippen LogP contribution in [0.1, 0.15) is 27.3 Å². The van der Waals surface area contributed by atoms with E-state index in [0.29, 0.717) is 27.9 Å². The van der Waals surface area contributed by atoms with E-state index in [4.69, 9.17) is 4.42 Å². The van der Waals surface area contributed by atoms with Crippen LogP contribution in [0.15, 0.2) is 75.9 Å². The minimum atomic E-state index is -3.81. The highest BCUT2D eigenvalue weighted by Crippen LogP contribution is 2.41. The second kappa shape index (κ2) is 11.7. The highest BCUT2D eigenvalue weighted by Gasteiger charge is 2.26. The van der Waals surface area contributed by atoms with Gasteiger partial charge in [-0.05, 0) is 67.9 Å². The van der Waals surface area contributed by atoms with Crippen molar-refractivity contribution in [1.82, 2.24) is 19.9 Å². The number of carbonyl (C=O) groups excluding carboxylic acids is 1. The Morgan fingerprint density at radius 2 is 1.72 bits per heavy atom. The van der Waals surface area contributed by atoms with Crippen molar-refractivity contribution in [1.29, 1.82) is 0 Å². The summed E-state index contributed by atoms with van der Waals surface area (Å²) in [5.41, 5.74) is 2.24. The number of fused-ring (bicyclic) bond motifs is 2. The van der Waals surface area contributed by atoms with Crippen LogP contribution in [0.25, 0.3) is 44.6 Å². The molecule has 0 fully saturated rings. The molecule has 3 aromatic carbocycles. The molecule has 0 radical (unpaired) electrons. The Morgan fingerprint density at radius 3 is 2.38 bits per heavy atom. The fourth-order valence-corrected chi connectivity index (χ4v) is 5.94. The number of halogens is 2. The highest BCUT2D eigenvalue weighted by molar-refractivity contribution is 7.92. The largest absolute Gasteiger partial charge is 0.455 e. The Hall–Kier alpha value is -5.43. The van der Waals surface area contributed by atoms with Crippen LogP contribution in [0.2, 0.25) is 0 Å². The quantitative estimate of drug-likeness (QED) is 0.238. The van der Waals surface area contributed by atoms with Gasteiger partial charge in [0.15, 0.2) is 5.52 Å². The number of aromatic nitrogens is 3. The zero-order valence-electron chi connectivity index (χ0n) is 26.1. The molecule has 0 saturated heterocycles. The fourth-order valence-electron chi connectivity index (χ4n) is 5.43. The van der Waals surface area contributed by atoms with Crippen molar-refractivity contribution in [2.24, 2.45) is 0 Å². The molecule has 3 heterocycles. The first-order valence-electron chi connectivity index (χ1n) is 14.4. The zero-order chi connectivity index (χ0) is 33.8. The first-order valence-corrected chi connectivity index (χ1v) is 16.3. The van der Waals surface area contributed by atoms with Gasteiger partial charge in [-0.2, -0.15) is 0 Å². The molecule has 0 unspecified atom stereocenters. The first-order chi connectivity index (χ1) is 22.3. The maximum absolute atomic E-state index is 14.7. The van der Waals surface area contributed by atoms with Crippen molar-refractivity contribution in [3.05, 3.63) is 111 Å². The summed E-state index contributed by atoms with van der Waals surface area (Å²) in [4.78, 5) is 36.2. The number of anilines is 1. The van der Waals surface area contributed by atoms with Gasteiger partial charge < -0.3 is 9.73 Å². The van der Waals surface area contributed by atoms with Crippen LogP contribution in [0.3, 0.4) is 0 Å². The lowest BCUT2D eigenvalue weighted by molar-refractivity contribution is 0.0964. The number of furan rings is 1. The van der Waals surface area contributed by atoms with E-state index >= 15 is 0 Å². The smallest absolute Gasteiger partial charge is 0.280 e. The molecule has 6 rings (SSSR count). The third kappa shape index (κ3) is 5.74. The van der Waals surface area contributed by atoms with Gasteiger partial charge in [0, 0.05) is 42.2 Å². The van der Waals surface area contributed by atoms with Crippen molar-refractivity contribution >= 4 is 43.6 Å². The predicted octanol–water partition coefficient (Wildman–Crippen LogP) is 5.57. The summed E-state index contributed by atoms with van der Waals surface area (Å²) in [5, 5.41) is 2.93. The summed E-state index contributed by atoms with van der Waals surface area (Å²) in [6.45, 7) is 3.34. The Morgan fingerprint density at radius 1 is 1.00 bits per heavy atom. The number of pyridine rings is 1. The van der Waals surface area contributed by atoms with Gasteiger partial charge in [0.2, 0.25) is 10.0 Å². The number of hydrogen-bond acceptors (Lipinski definition) is 7. The summed E-state index contributed by atoms with van der Waals surface area (Å²) in [7, 11) is -0.998. The Balaban J connectivity index is 1.60. The van der Waals surface area contributed by atoms with E-state index in [0.717, 1.165) is 16.1 Å². The second-order valence-electron chi connectivity index (χ2n) is 11.2. The molecule has 6 aromatic rings. The van der Waals surface area contributed by atoms with E-state index in [1.165, 1.54) is 55.1 Å². The number of sulfonamides is 1. The molecule has 13 heteroatoms. The van der Waals surface area contributed by atoms with Gasteiger partial charge in [-0.1, -0.05) is 12.1 Å². The molecule has 0 aliphatic rings. The zero-order valence-corrected chi connectivity index (χ0v) is 26.9. The molecule has 1 amide bonds. The maximum Gasteiger partial charge on any atom is 0.280 e. The number of rotatable bonds is 7. The third-order valence-electron chi connectivity index (χ3n) is 8.01. The molecule has 47 heavy (non-hydrogen) atoms. The topological polar surface area (TPSA) is 127 Å². The lowest BCUT2D eigenvalue weighted by Crippen LogP contribution is -2.26. The van der Waals surface area contributed by atoms with E-state index in [1.807, 2.05) is 0 Å². The van der Waals surface area contributed by atoms with E-state index in [-0.39, 0.29) is 45.9 Å². The van der Waals surface area contributed by atoms with E-state index in [1.54, 1.807) is 44.2 Å². The minimum Gasteiger partial charge on any atom is -0.455 e. The molecular weight excluding hydrogens is 628 g/mol. The van der Waals surface area contributed by atoms with Crippen LogP contribution < -0.4 is 15.2 Å². The summed E-state index contributed by atoms with van der Waals surface area (Å²) in [6, 6.07) is 16.4. The summed E-state index contributed by atoms with van der Waals surface area (Å²) in [6.07, 6.45) is 1.03. The van der Waals surface area contributed by atoms with Crippen LogP contribution in [0, 0.1) is 25.5 Å². The van der Waals surface area contributed by atoms with Crippen molar-refractivity contribution in [3.63, 3.8) is 0 Å². The molecule has 3 aromatic heterocycles. The Labute approximate surface area is 268 Å². The van der Waals surface area contributed by atoms with Gasteiger partial charge in [-0.3, -0.25) is 18.5 Å². The van der Waals surface area contributed by atoms with Gasteiger partial charge in [-0.25, -0.2) is 27.2 Å². The molecule has 0 saturated carbocycles. The van der Waals surface area contributed by atoms with Crippen LogP contribution in [0.5, 0.6) is 0 Å². The number of nitrogens with zero attached hydrogens (tertiary/aromatic N) is 4. The van der Waals surface area contributed by atoms with Gasteiger partial charge in [0.1, 0.15) is 28.8 Å². The second-order valence-corrected chi connectivity index (χ2v) is 13.2. The van der Waals surface area contributed by atoms with Gasteiger partial charge >= 0.3 is 0 Å². The molecule has 10 nitrogen and oxygen atoms in total. The molecule has 1 N–H and O–H groups in total. The highest BCUT2D eigenvalue weighted by atomic mass is 32.2. The summed E-state index contributed by atoms with van der Waals surface area (Å²) in [5.74, 6) is -0.900. The molecule has 0 atom stereocenters. The number of benzene rings is 3. The Kier molecular flexibility index (Phi) is 7.88. The standard InChI is InChI=1S/C34H29F2N5O5S/c1-18-6-7-21(25(36)14-18)17-41-19(2)38-27-13-12-26(39-31(27)34(41)43)23-15-24-29(16-28(23)40(4)47(5,44)45)46-32(30(24)33(42)37-3)20-8-10-22(35)11-9-20/h6-16H,17H2,1-5H3,(H,37,42). The van der Waals surface area contributed by atoms with Crippen molar-refractivity contribution in [2.75, 3.05) is 24.7 Å². The maximum atomic E-state index is 14.7. The average molecular weight is 658 g/mol. The normalized spacial score (nSPS) is 11.7. The molecular formula is C34H29F2N5O5S. The number of aryl methyl sites for hydroxylation is 2. The van der Waals surface area contributed by atoms with Crippen LogP contribution in [-0.2, 0) is 16.6 Å². The van der Waals surface area contributed by atoms with E-state index in [2.05, 4.69) is 15.3 Å². The minimum absolute atomic E-state index is 0.0144. The van der Waals surface area contributed by atoms with E-state index in [9.17, 15) is 26.8 Å². The lowest BCUT2D eigenvalue weighted by Gasteiger charge is -2.20. The van der Waals surface area contributed by atoms with E-state index < -0.39 is 33.1 Å². The van der Waals surface area contributed by atoms with Crippen molar-refractivity contribution in [2.45, 2.75) is 20.4 Å². The van der Waals surface area contributed by atoms with Gasteiger partial charge in [-0.15, -0.1) is 0 Å². The fraction of sp³-hybridized carbons (Fsp3) is 0.176. The molecule has 0 aliphatic heterocycles. The van der Waals surface area contributed by atoms with Crippen LogP contribution >= 0.6 is 0 Å². The van der Waals surface area contributed by atoms with Crippen LogP contribution in [-0.4, -0.2) is 49.2 Å². The number of hydrogen-bond donors (Lipinski definition) is 1. The van der Waals surface area contributed by atoms with Crippen molar-refractivity contribution < 1.29 is 26.4 Å². The monoisotopic (exact) mass is 657 g/mol. The van der Waals surface area contributed by atoms with Gasteiger partial charge in [0.05, 0.1) is 35.3 Å². The summed E-state index contributed by atoms with van der Waals surface area (Å²) < 4.78 is 62.5. The first kappa shape index (κ1) is 31.5. The Bertz CT molecular complexity index is 2400. The third-order valence-corrected chi connectivity index (χ3v) is 9.20. The number of amides is 1. The number of carbonyl (C=O) groups is 1. The molecule has 0 aliphatic carbocycles. The SMILES string of the molecule is CNC(=O)c1c(-c2ccc(F)cc2)oc2cc(N(C)S(C)(=O)=O)c(-c3ccc4nc(C)n(Cc5ccc(C)cc5F)c(=O)c4n3)cc12. The van der Waals surface area contributed by atoms with Crippen LogP contribution in [0.4, 0.5) is 14.5 Å². The van der Waals surface area contributed by atoms with Crippen molar-refractivity contribution in [3.8, 4) is 22.6 Å². The molecule has 0 spiro atoms. The predicted molar refractivity (Wildman–Crippen MR) is 176 cm³/mol. The number of nitrogens with one attached hydrogen (secondary N) is 1.